The van der Waals surface area contributed by atoms with Gasteiger partial charge in [-0.1, -0.05) is 72.1 Å². The summed E-state index contributed by atoms with van der Waals surface area (Å²) < 4.78 is 11.5. The second-order valence-electron chi connectivity index (χ2n) is 6.30. The smallest absolute Gasteiger partial charge is 0.158 e. The molecule has 2 atom stereocenters. The summed E-state index contributed by atoms with van der Waals surface area (Å²) in [6.45, 7) is 7.47. The van der Waals surface area contributed by atoms with E-state index >= 15 is 0 Å². The van der Waals surface area contributed by atoms with Crippen molar-refractivity contribution >= 4 is 0 Å². The van der Waals surface area contributed by atoms with Gasteiger partial charge in [-0.05, 0) is 18.8 Å². The Kier molecular flexibility index (Phi) is 9.54. The van der Waals surface area contributed by atoms with Gasteiger partial charge in [-0.25, -0.2) is 0 Å². The first-order chi connectivity index (χ1) is 9.24. The first-order valence-electron chi connectivity index (χ1n) is 8.51. The number of unbranched alkanes of at least 4 members (excludes halogenated alkanes) is 8. The van der Waals surface area contributed by atoms with E-state index in [1.54, 1.807) is 0 Å². The molecule has 2 heteroatoms. The van der Waals surface area contributed by atoms with E-state index in [-0.39, 0.29) is 6.29 Å². The van der Waals surface area contributed by atoms with Gasteiger partial charge in [-0.2, -0.15) is 0 Å². The lowest BCUT2D eigenvalue weighted by molar-refractivity contribution is -0.0697. The topological polar surface area (TPSA) is 18.5 Å². The quantitative estimate of drug-likeness (QED) is 0.474. The fourth-order valence-electron chi connectivity index (χ4n) is 2.60. The monoisotopic (exact) mass is 270 g/mol. The Morgan fingerprint density at radius 3 is 2.00 bits per heavy atom. The van der Waals surface area contributed by atoms with Crippen LogP contribution in [-0.2, 0) is 9.47 Å². The number of hydrogen-bond donors (Lipinski definition) is 0. The molecule has 0 aromatic rings. The van der Waals surface area contributed by atoms with E-state index in [0.717, 1.165) is 13.0 Å². The first-order valence-corrected chi connectivity index (χ1v) is 8.51. The zero-order valence-corrected chi connectivity index (χ0v) is 13.3. The minimum absolute atomic E-state index is 0.0805. The lowest BCUT2D eigenvalue weighted by Gasteiger charge is -2.13. The van der Waals surface area contributed by atoms with Gasteiger partial charge in [0, 0.05) is 0 Å². The van der Waals surface area contributed by atoms with Gasteiger partial charge in [0.25, 0.3) is 0 Å². The largest absolute Gasteiger partial charge is 0.350 e. The summed E-state index contributed by atoms with van der Waals surface area (Å²) in [5.41, 5.74) is 0. The Hall–Kier alpha value is -0.0800. The molecule has 1 aliphatic heterocycles. The first kappa shape index (κ1) is 17.0. The minimum Gasteiger partial charge on any atom is -0.350 e. The van der Waals surface area contributed by atoms with Crippen LogP contribution in [0.15, 0.2) is 0 Å². The van der Waals surface area contributed by atoms with Crippen molar-refractivity contribution in [2.45, 2.75) is 97.4 Å². The van der Waals surface area contributed by atoms with Crippen LogP contribution in [-0.4, -0.2) is 19.0 Å². The van der Waals surface area contributed by atoms with Crippen molar-refractivity contribution < 1.29 is 9.47 Å². The maximum Gasteiger partial charge on any atom is 0.158 e. The molecule has 114 valence electrons. The van der Waals surface area contributed by atoms with Gasteiger partial charge >= 0.3 is 0 Å². The molecule has 0 spiro atoms. The Bertz CT molecular complexity index is 203. The Labute approximate surface area is 120 Å². The van der Waals surface area contributed by atoms with Gasteiger partial charge in [-0.3, -0.25) is 0 Å². The van der Waals surface area contributed by atoms with Crippen molar-refractivity contribution in [1.29, 1.82) is 0 Å². The average molecular weight is 270 g/mol. The zero-order chi connectivity index (χ0) is 13.9. The molecule has 2 nitrogen and oxygen atoms in total. The van der Waals surface area contributed by atoms with Gasteiger partial charge in [0.2, 0.25) is 0 Å². The average Bonchev–Trinajstić information content (AvgIpc) is 2.86. The van der Waals surface area contributed by atoms with Crippen molar-refractivity contribution in [3.8, 4) is 0 Å². The standard InChI is InChI=1S/C17H34O2/c1-4-5-6-7-8-9-10-11-12-13-17-18-14-16(19-17)15(2)3/h15-17H,4-14H2,1-3H3. The third-order valence-corrected chi connectivity index (χ3v) is 4.06. The van der Waals surface area contributed by atoms with Crippen molar-refractivity contribution in [3.05, 3.63) is 0 Å². The molecule has 1 saturated heterocycles. The van der Waals surface area contributed by atoms with Crippen molar-refractivity contribution in [3.63, 3.8) is 0 Å². The van der Waals surface area contributed by atoms with Crippen LogP contribution >= 0.6 is 0 Å². The SMILES string of the molecule is CCCCCCCCCCCC1OCC(C(C)C)O1. The van der Waals surface area contributed by atoms with E-state index in [4.69, 9.17) is 9.47 Å². The van der Waals surface area contributed by atoms with E-state index in [1.807, 2.05) is 0 Å². The molecule has 1 fully saturated rings. The van der Waals surface area contributed by atoms with Crippen molar-refractivity contribution in [2.75, 3.05) is 6.61 Å². The van der Waals surface area contributed by atoms with Crippen LogP contribution in [0.25, 0.3) is 0 Å². The second-order valence-corrected chi connectivity index (χ2v) is 6.30. The molecular formula is C17H34O2. The lowest BCUT2D eigenvalue weighted by Crippen LogP contribution is -2.18. The normalized spacial score (nSPS) is 23.4. The third kappa shape index (κ3) is 7.94. The molecule has 0 bridgehead atoms. The molecule has 0 aliphatic carbocycles. The highest BCUT2D eigenvalue weighted by Crippen LogP contribution is 2.22. The fraction of sp³-hybridized carbons (Fsp3) is 1.00. The van der Waals surface area contributed by atoms with Crippen LogP contribution < -0.4 is 0 Å². The van der Waals surface area contributed by atoms with Gasteiger partial charge in [0.05, 0.1) is 12.7 Å². The molecule has 0 radical (unpaired) electrons. The minimum atomic E-state index is 0.0805. The molecule has 0 saturated carbocycles. The van der Waals surface area contributed by atoms with Gasteiger partial charge in [-0.15, -0.1) is 0 Å². The summed E-state index contributed by atoms with van der Waals surface area (Å²) in [5, 5.41) is 0. The van der Waals surface area contributed by atoms with Crippen molar-refractivity contribution in [2.24, 2.45) is 5.92 Å². The highest BCUT2D eigenvalue weighted by atomic mass is 16.7. The van der Waals surface area contributed by atoms with E-state index in [9.17, 15) is 0 Å². The van der Waals surface area contributed by atoms with Crippen LogP contribution in [0.4, 0.5) is 0 Å². The Morgan fingerprint density at radius 2 is 1.47 bits per heavy atom. The molecule has 0 amide bonds. The molecule has 1 heterocycles. The van der Waals surface area contributed by atoms with Crippen LogP contribution in [0.3, 0.4) is 0 Å². The van der Waals surface area contributed by atoms with E-state index in [1.165, 1.54) is 57.8 Å². The molecule has 0 aromatic heterocycles. The molecular weight excluding hydrogens is 236 g/mol. The highest BCUT2D eigenvalue weighted by Gasteiger charge is 2.27. The molecule has 0 N–H and O–H groups in total. The van der Waals surface area contributed by atoms with E-state index in [2.05, 4.69) is 20.8 Å². The maximum atomic E-state index is 5.87. The highest BCUT2D eigenvalue weighted by molar-refractivity contribution is 4.68. The summed E-state index contributed by atoms with van der Waals surface area (Å²) in [6.07, 6.45) is 13.9. The number of rotatable bonds is 11. The summed E-state index contributed by atoms with van der Waals surface area (Å²) in [7, 11) is 0. The summed E-state index contributed by atoms with van der Waals surface area (Å²) in [6, 6.07) is 0. The lowest BCUT2D eigenvalue weighted by atomic mass is 10.1. The van der Waals surface area contributed by atoms with E-state index < -0.39 is 0 Å². The molecule has 19 heavy (non-hydrogen) atoms. The van der Waals surface area contributed by atoms with Crippen molar-refractivity contribution in [1.82, 2.24) is 0 Å². The fourth-order valence-corrected chi connectivity index (χ4v) is 2.60. The predicted octanol–water partition coefficient (Wildman–Crippen LogP) is 5.30. The number of hydrogen-bond acceptors (Lipinski definition) is 2. The Balaban J connectivity index is 1.84. The zero-order valence-electron chi connectivity index (χ0n) is 13.3. The van der Waals surface area contributed by atoms with Gasteiger partial charge < -0.3 is 9.47 Å². The summed E-state index contributed by atoms with van der Waals surface area (Å²) >= 11 is 0. The second kappa shape index (κ2) is 10.7. The van der Waals surface area contributed by atoms with Gasteiger partial charge in [0.1, 0.15) is 0 Å². The third-order valence-electron chi connectivity index (χ3n) is 4.06. The molecule has 1 rings (SSSR count). The van der Waals surface area contributed by atoms with Crippen LogP contribution in [0.2, 0.25) is 0 Å². The van der Waals surface area contributed by atoms with Crippen LogP contribution in [0.1, 0.15) is 85.0 Å². The molecule has 1 aliphatic rings. The van der Waals surface area contributed by atoms with E-state index in [0.29, 0.717) is 12.0 Å². The molecule has 2 unspecified atom stereocenters. The maximum absolute atomic E-state index is 5.87. The predicted molar refractivity (Wildman–Crippen MR) is 81.3 cm³/mol. The molecule has 0 aromatic carbocycles. The van der Waals surface area contributed by atoms with Gasteiger partial charge in [0.15, 0.2) is 6.29 Å². The summed E-state index contributed by atoms with van der Waals surface area (Å²) in [4.78, 5) is 0. The van der Waals surface area contributed by atoms with Crippen LogP contribution in [0.5, 0.6) is 0 Å². The summed E-state index contributed by atoms with van der Waals surface area (Å²) in [5.74, 6) is 0.577. The Morgan fingerprint density at radius 1 is 0.895 bits per heavy atom. The number of ether oxygens (including phenoxy) is 2. The van der Waals surface area contributed by atoms with Crippen LogP contribution in [0, 0.1) is 5.92 Å².